The summed E-state index contributed by atoms with van der Waals surface area (Å²) in [6.07, 6.45) is 3.80. The van der Waals surface area contributed by atoms with Gasteiger partial charge < -0.3 is 20.5 Å². The average molecular weight is 347 g/mol. The molecule has 0 fully saturated rings. The van der Waals surface area contributed by atoms with E-state index in [2.05, 4.69) is 10.6 Å². The summed E-state index contributed by atoms with van der Waals surface area (Å²) in [6.45, 7) is 0.420. The van der Waals surface area contributed by atoms with E-state index in [0.717, 1.165) is 11.1 Å². The fourth-order valence-electron chi connectivity index (χ4n) is 2.02. The van der Waals surface area contributed by atoms with Crippen LogP contribution >= 0.6 is 11.6 Å². The first kappa shape index (κ1) is 17.7. The number of hydrogen-bond acceptors (Lipinski definition) is 3. The SMILES string of the molecule is COc1ccc(C=Cc2ccc(NC(=O)NCCCl)cc2)cc1O. The summed E-state index contributed by atoms with van der Waals surface area (Å²) in [4.78, 5) is 11.5. The number of phenols is 1. The van der Waals surface area contributed by atoms with Crippen molar-refractivity contribution in [2.75, 3.05) is 24.9 Å². The third-order valence-electron chi connectivity index (χ3n) is 3.22. The zero-order valence-electron chi connectivity index (χ0n) is 13.3. The zero-order valence-corrected chi connectivity index (χ0v) is 14.0. The Morgan fingerprint density at radius 2 is 1.83 bits per heavy atom. The molecule has 2 aromatic rings. The van der Waals surface area contributed by atoms with Gasteiger partial charge in [-0.05, 0) is 35.4 Å². The Morgan fingerprint density at radius 1 is 1.17 bits per heavy atom. The molecule has 0 atom stereocenters. The van der Waals surface area contributed by atoms with Crippen LogP contribution in [0, 0.1) is 0 Å². The maximum atomic E-state index is 11.5. The largest absolute Gasteiger partial charge is 0.504 e. The number of phenolic OH excluding ortho intramolecular Hbond substituents is 1. The molecule has 0 aliphatic rings. The quantitative estimate of drug-likeness (QED) is 0.548. The minimum Gasteiger partial charge on any atom is -0.504 e. The van der Waals surface area contributed by atoms with E-state index < -0.39 is 0 Å². The molecule has 0 radical (unpaired) electrons. The third kappa shape index (κ3) is 5.21. The van der Waals surface area contributed by atoms with Crippen LogP contribution in [-0.2, 0) is 0 Å². The normalized spacial score (nSPS) is 10.6. The molecule has 0 heterocycles. The van der Waals surface area contributed by atoms with Gasteiger partial charge in [-0.1, -0.05) is 30.4 Å². The van der Waals surface area contributed by atoms with Crippen molar-refractivity contribution in [2.24, 2.45) is 0 Å². The van der Waals surface area contributed by atoms with E-state index in [4.69, 9.17) is 16.3 Å². The molecule has 0 aromatic heterocycles. The highest BCUT2D eigenvalue weighted by molar-refractivity contribution is 6.18. The van der Waals surface area contributed by atoms with Gasteiger partial charge in [-0.15, -0.1) is 11.6 Å². The number of methoxy groups -OCH3 is 1. The molecule has 0 spiro atoms. The number of aromatic hydroxyl groups is 1. The number of amides is 2. The molecule has 0 saturated heterocycles. The lowest BCUT2D eigenvalue weighted by Gasteiger charge is -2.06. The summed E-state index contributed by atoms with van der Waals surface area (Å²) in [5, 5.41) is 15.1. The Hall–Kier alpha value is -2.66. The first-order valence-corrected chi connectivity index (χ1v) is 7.92. The van der Waals surface area contributed by atoms with E-state index in [1.165, 1.54) is 7.11 Å². The van der Waals surface area contributed by atoms with Gasteiger partial charge >= 0.3 is 6.03 Å². The Labute approximate surface area is 145 Å². The predicted molar refractivity (Wildman–Crippen MR) is 97.8 cm³/mol. The van der Waals surface area contributed by atoms with Crippen molar-refractivity contribution in [1.82, 2.24) is 5.32 Å². The number of carbonyl (C=O) groups excluding carboxylic acids is 1. The molecule has 0 unspecified atom stereocenters. The Kier molecular flexibility index (Phi) is 6.51. The van der Waals surface area contributed by atoms with Crippen molar-refractivity contribution >= 4 is 35.5 Å². The molecule has 5 nitrogen and oxygen atoms in total. The number of ether oxygens (including phenoxy) is 1. The van der Waals surface area contributed by atoms with Crippen LogP contribution in [0.1, 0.15) is 11.1 Å². The van der Waals surface area contributed by atoms with E-state index in [0.29, 0.717) is 23.9 Å². The maximum Gasteiger partial charge on any atom is 0.319 e. The standard InChI is InChI=1S/C18H19ClN2O3/c1-24-17-9-6-14(12-16(17)22)3-2-13-4-7-15(8-5-13)21-18(23)20-11-10-19/h2-9,12,22H,10-11H2,1H3,(H2,20,21,23). The zero-order chi connectivity index (χ0) is 17.4. The lowest BCUT2D eigenvalue weighted by atomic mass is 10.1. The van der Waals surface area contributed by atoms with Gasteiger partial charge in [0, 0.05) is 18.1 Å². The molecule has 0 aliphatic carbocycles. The van der Waals surface area contributed by atoms with Gasteiger partial charge in [-0.25, -0.2) is 4.79 Å². The van der Waals surface area contributed by atoms with Crippen LogP contribution in [0.25, 0.3) is 12.2 Å². The van der Waals surface area contributed by atoms with Crippen molar-refractivity contribution in [1.29, 1.82) is 0 Å². The van der Waals surface area contributed by atoms with Crippen molar-refractivity contribution < 1.29 is 14.6 Å². The summed E-state index contributed by atoms with van der Waals surface area (Å²) in [6, 6.07) is 12.3. The predicted octanol–water partition coefficient (Wildman–Crippen LogP) is 3.93. The van der Waals surface area contributed by atoms with Gasteiger partial charge in [0.25, 0.3) is 0 Å². The van der Waals surface area contributed by atoms with Gasteiger partial charge in [0.1, 0.15) is 0 Å². The molecule has 0 bridgehead atoms. The van der Waals surface area contributed by atoms with Crippen molar-refractivity contribution in [3.05, 3.63) is 53.6 Å². The van der Waals surface area contributed by atoms with E-state index >= 15 is 0 Å². The van der Waals surface area contributed by atoms with Crippen molar-refractivity contribution in [3.63, 3.8) is 0 Å². The Bertz CT molecular complexity index is 715. The van der Waals surface area contributed by atoms with E-state index in [1.54, 1.807) is 12.1 Å². The van der Waals surface area contributed by atoms with E-state index in [9.17, 15) is 9.90 Å². The van der Waals surface area contributed by atoms with E-state index in [1.807, 2.05) is 42.5 Å². The molecule has 6 heteroatoms. The highest BCUT2D eigenvalue weighted by Gasteiger charge is 2.01. The number of urea groups is 1. The van der Waals surface area contributed by atoms with Crippen molar-refractivity contribution in [2.45, 2.75) is 0 Å². The minimum absolute atomic E-state index is 0.0992. The smallest absolute Gasteiger partial charge is 0.319 e. The number of carbonyl (C=O) groups is 1. The van der Waals surface area contributed by atoms with Crippen LogP contribution in [0.3, 0.4) is 0 Å². The second-order valence-corrected chi connectivity index (χ2v) is 5.33. The van der Waals surface area contributed by atoms with Gasteiger partial charge in [0.2, 0.25) is 0 Å². The van der Waals surface area contributed by atoms with Crippen molar-refractivity contribution in [3.8, 4) is 11.5 Å². The molecule has 126 valence electrons. The maximum absolute atomic E-state index is 11.5. The molecule has 2 aromatic carbocycles. The first-order chi connectivity index (χ1) is 11.6. The molecule has 24 heavy (non-hydrogen) atoms. The molecule has 3 N–H and O–H groups in total. The second-order valence-electron chi connectivity index (χ2n) is 4.96. The fourth-order valence-corrected chi connectivity index (χ4v) is 2.11. The third-order valence-corrected chi connectivity index (χ3v) is 3.41. The van der Waals surface area contributed by atoms with E-state index in [-0.39, 0.29) is 11.8 Å². The number of anilines is 1. The number of halogens is 1. The summed E-state index contributed by atoms with van der Waals surface area (Å²) >= 11 is 5.51. The average Bonchev–Trinajstić information content (AvgIpc) is 2.59. The number of alkyl halides is 1. The van der Waals surface area contributed by atoms with Crippen LogP contribution in [0.15, 0.2) is 42.5 Å². The van der Waals surface area contributed by atoms with Gasteiger partial charge in [0.05, 0.1) is 7.11 Å². The lowest BCUT2D eigenvalue weighted by Crippen LogP contribution is -2.30. The molecule has 0 aliphatic heterocycles. The highest BCUT2D eigenvalue weighted by atomic mass is 35.5. The summed E-state index contributed by atoms with van der Waals surface area (Å²) in [5.41, 5.74) is 2.52. The lowest BCUT2D eigenvalue weighted by molar-refractivity contribution is 0.252. The Balaban J connectivity index is 1.98. The Morgan fingerprint density at radius 3 is 2.46 bits per heavy atom. The fraction of sp³-hybridized carbons (Fsp3) is 0.167. The second kappa shape index (κ2) is 8.84. The topological polar surface area (TPSA) is 70.6 Å². The number of rotatable bonds is 6. The summed E-state index contributed by atoms with van der Waals surface area (Å²) in [7, 11) is 1.51. The number of hydrogen-bond donors (Lipinski definition) is 3. The van der Waals surface area contributed by atoms with Crippen LogP contribution in [0.2, 0.25) is 0 Å². The van der Waals surface area contributed by atoms with Gasteiger partial charge in [-0.3, -0.25) is 0 Å². The summed E-state index contributed by atoms with van der Waals surface area (Å²) < 4.78 is 5.01. The molecule has 2 amide bonds. The van der Waals surface area contributed by atoms with Crippen LogP contribution in [0.4, 0.5) is 10.5 Å². The monoisotopic (exact) mass is 346 g/mol. The number of benzene rings is 2. The molecular weight excluding hydrogens is 328 g/mol. The molecule has 0 saturated carbocycles. The number of nitrogens with one attached hydrogen (secondary N) is 2. The first-order valence-electron chi connectivity index (χ1n) is 7.38. The van der Waals surface area contributed by atoms with Crippen LogP contribution in [0.5, 0.6) is 11.5 Å². The van der Waals surface area contributed by atoms with Crippen LogP contribution in [-0.4, -0.2) is 30.7 Å². The molecular formula is C18H19ClN2O3. The van der Waals surface area contributed by atoms with Gasteiger partial charge in [0.15, 0.2) is 11.5 Å². The molecule has 2 rings (SSSR count). The highest BCUT2D eigenvalue weighted by Crippen LogP contribution is 2.27. The van der Waals surface area contributed by atoms with Crippen LogP contribution < -0.4 is 15.4 Å². The van der Waals surface area contributed by atoms with Gasteiger partial charge in [-0.2, -0.15) is 0 Å². The minimum atomic E-state index is -0.285. The summed E-state index contributed by atoms with van der Waals surface area (Å²) in [5.74, 6) is 0.912.